The molecule has 1 aliphatic heterocycles. The van der Waals surface area contributed by atoms with Crippen molar-refractivity contribution in [3.63, 3.8) is 0 Å². The van der Waals surface area contributed by atoms with Gasteiger partial charge in [0.15, 0.2) is 0 Å². The van der Waals surface area contributed by atoms with Crippen LogP contribution in [0.5, 0.6) is 0 Å². The van der Waals surface area contributed by atoms with Gasteiger partial charge in [0.05, 0.1) is 23.4 Å². The van der Waals surface area contributed by atoms with E-state index in [-0.39, 0.29) is 18.1 Å². The predicted molar refractivity (Wildman–Crippen MR) is 71.1 cm³/mol. The second-order valence-electron chi connectivity index (χ2n) is 4.31. The van der Waals surface area contributed by atoms with E-state index in [4.69, 9.17) is 10.00 Å². The van der Waals surface area contributed by atoms with E-state index in [1.807, 2.05) is 13.0 Å². The van der Waals surface area contributed by atoms with Crippen molar-refractivity contribution in [2.75, 3.05) is 5.32 Å². The largest absolute Gasteiger partial charge is 0.365 e. The number of nitriles is 1. The molecule has 1 aromatic carbocycles. The SMILES string of the molecule is CC1CCC(C(=O)Nc2ccc(C#N)cc2Br)O1. The lowest BCUT2D eigenvalue weighted by Gasteiger charge is -2.12. The summed E-state index contributed by atoms with van der Waals surface area (Å²) in [4.78, 5) is 11.9. The normalized spacial score (nSPS) is 22.5. The van der Waals surface area contributed by atoms with Crippen LogP contribution in [0, 0.1) is 11.3 Å². The van der Waals surface area contributed by atoms with Gasteiger partial charge >= 0.3 is 0 Å². The number of ether oxygens (including phenoxy) is 1. The number of hydrogen-bond donors (Lipinski definition) is 1. The molecular weight excluding hydrogens is 296 g/mol. The fourth-order valence-corrected chi connectivity index (χ4v) is 2.37. The molecule has 4 nitrogen and oxygen atoms in total. The molecule has 2 rings (SSSR count). The monoisotopic (exact) mass is 308 g/mol. The van der Waals surface area contributed by atoms with Gasteiger partial charge in [-0.25, -0.2) is 0 Å². The van der Waals surface area contributed by atoms with Gasteiger partial charge in [-0.05, 0) is 53.9 Å². The van der Waals surface area contributed by atoms with Crippen molar-refractivity contribution in [2.24, 2.45) is 0 Å². The lowest BCUT2D eigenvalue weighted by Crippen LogP contribution is -2.27. The molecule has 0 aromatic heterocycles. The van der Waals surface area contributed by atoms with Gasteiger partial charge in [0.25, 0.3) is 5.91 Å². The minimum Gasteiger partial charge on any atom is -0.365 e. The molecule has 1 amide bonds. The Hall–Kier alpha value is -1.38. The van der Waals surface area contributed by atoms with E-state index in [0.29, 0.717) is 15.7 Å². The molecule has 1 fully saturated rings. The zero-order valence-corrected chi connectivity index (χ0v) is 11.5. The fraction of sp³-hybridized carbons (Fsp3) is 0.385. The first-order chi connectivity index (χ1) is 8.60. The van der Waals surface area contributed by atoms with Crippen molar-refractivity contribution in [1.82, 2.24) is 0 Å². The summed E-state index contributed by atoms with van der Waals surface area (Å²) in [6.45, 7) is 1.96. The molecule has 0 spiro atoms. The Kier molecular flexibility index (Phi) is 4.00. The number of rotatable bonds is 2. The Morgan fingerprint density at radius 3 is 2.89 bits per heavy atom. The van der Waals surface area contributed by atoms with Gasteiger partial charge in [-0.2, -0.15) is 5.26 Å². The number of anilines is 1. The van der Waals surface area contributed by atoms with E-state index in [1.54, 1.807) is 18.2 Å². The van der Waals surface area contributed by atoms with Crippen molar-refractivity contribution in [1.29, 1.82) is 5.26 Å². The van der Waals surface area contributed by atoms with Gasteiger partial charge in [0, 0.05) is 4.47 Å². The third-order valence-corrected chi connectivity index (χ3v) is 3.54. The van der Waals surface area contributed by atoms with Crippen LogP contribution in [-0.2, 0) is 9.53 Å². The lowest BCUT2D eigenvalue weighted by molar-refractivity contribution is -0.126. The Morgan fingerprint density at radius 1 is 1.56 bits per heavy atom. The number of nitrogens with one attached hydrogen (secondary N) is 1. The van der Waals surface area contributed by atoms with Gasteiger partial charge < -0.3 is 10.1 Å². The molecule has 1 aliphatic rings. The molecule has 5 heteroatoms. The molecule has 2 unspecified atom stereocenters. The molecule has 1 aromatic rings. The number of nitrogens with zero attached hydrogens (tertiary/aromatic N) is 1. The Balaban J connectivity index is 2.06. The Labute approximate surface area is 114 Å². The number of carbonyl (C=O) groups is 1. The third kappa shape index (κ3) is 2.89. The first-order valence-electron chi connectivity index (χ1n) is 5.76. The average Bonchev–Trinajstić information content (AvgIpc) is 2.78. The minimum atomic E-state index is -0.373. The van der Waals surface area contributed by atoms with Gasteiger partial charge in [-0.1, -0.05) is 0 Å². The highest BCUT2D eigenvalue weighted by molar-refractivity contribution is 9.10. The zero-order valence-electron chi connectivity index (χ0n) is 9.94. The van der Waals surface area contributed by atoms with Crippen molar-refractivity contribution in [2.45, 2.75) is 32.0 Å². The summed E-state index contributed by atoms with van der Waals surface area (Å²) in [6, 6.07) is 7.09. The van der Waals surface area contributed by atoms with E-state index >= 15 is 0 Å². The minimum absolute atomic E-state index is 0.134. The van der Waals surface area contributed by atoms with Crippen LogP contribution in [0.15, 0.2) is 22.7 Å². The second-order valence-corrected chi connectivity index (χ2v) is 5.16. The van der Waals surface area contributed by atoms with Crippen LogP contribution in [0.25, 0.3) is 0 Å². The zero-order chi connectivity index (χ0) is 13.1. The van der Waals surface area contributed by atoms with Crippen molar-refractivity contribution in [3.05, 3.63) is 28.2 Å². The molecule has 1 saturated heterocycles. The number of benzene rings is 1. The quantitative estimate of drug-likeness (QED) is 0.914. The van der Waals surface area contributed by atoms with Crippen molar-refractivity contribution < 1.29 is 9.53 Å². The highest BCUT2D eigenvalue weighted by atomic mass is 79.9. The number of amides is 1. The fourth-order valence-electron chi connectivity index (χ4n) is 1.89. The first-order valence-corrected chi connectivity index (χ1v) is 6.55. The summed E-state index contributed by atoms with van der Waals surface area (Å²) < 4.78 is 6.20. The molecule has 2 atom stereocenters. The topological polar surface area (TPSA) is 62.1 Å². The van der Waals surface area contributed by atoms with Crippen LogP contribution in [0.4, 0.5) is 5.69 Å². The van der Waals surface area contributed by atoms with Crippen molar-refractivity contribution >= 4 is 27.5 Å². The average molecular weight is 309 g/mol. The number of carbonyl (C=O) groups excluding carboxylic acids is 1. The van der Waals surface area contributed by atoms with Gasteiger partial charge in [-0.3, -0.25) is 4.79 Å². The van der Waals surface area contributed by atoms with Crippen molar-refractivity contribution in [3.8, 4) is 6.07 Å². The third-order valence-electron chi connectivity index (χ3n) is 2.88. The molecule has 18 heavy (non-hydrogen) atoms. The van der Waals surface area contributed by atoms with Gasteiger partial charge in [-0.15, -0.1) is 0 Å². The van der Waals surface area contributed by atoms with Crippen LogP contribution in [0.3, 0.4) is 0 Å². The second kappa shape index (κ2) is 5.51. The van der Waals surface area contributed by atoms with Crippen LogP contribution >= 0.6 is 15.9 Å². The summed E-state index contributed by atoms with van der Waals surface area (Å²) >= 11 is 3.33. The highest BCUT2D eigenvalue weighted by Crippen LogP contribution is 2.25. The van der Waals surface area contributed by atoms with Crippen LogP contribution < -0.4 is 5.32 Å². The Morgan fingerprint density at radius 2 is 2.33 bits per heavy atom. The van der Waals surface area contributed by atoms with E-state index < -0.39 is 0 Å². The maximum atomic E-state index is 11.9. The molecule has 0 radical (unpaired) electrons. The molecule has 0 bridgehead atoms. The maximum absolute atomic E-state index is 11.9. The number of hydrogen-bond acceptors (Lipinski definition) is 3. The smallest absolute Gasteiger partial charge is 0.253 e. The summed E-state index contributed by atoms with van der Waals surface area (Å²) in [6.07, 6.45) is 1.43. The van der Waals surface area contributed by atoms with E-state index in [1.165, 1.54) is 0 Å². The van der Waals surface area contributed by atoms with E-state index in [0.717, 1.165) is 12.8 Å². The summed E-state index contributed by atoms with van der Waals surface area (Å²) in [5, 5.41) is 11.6. The molecule has 0 saturated carbocycles. The van der Waals surface area contributed by atoms with Gasteiger partial charge in [0.2, 0.25) is 0 Å². The van der Waals surface area contributed by atoms with Crippen LogP contribution in [0.1, 0.15) is 25.3 Å². The summed E-state index contributed by atoms with van der Waals surface area (Å²) in [7, 11) is 0. The predicted octanol–water partition coefficient (Wildman–Crippen LogP) is 2.83. The molecular formula is C13H13BrN2O2. The van der Waals surface area contributed by atoms with E-state index in [9.17, 15) is 4.79 Å². The van der Waals surface area contributed by atoms with E-state index in [2.05, 4.69) is 21.2 Å². The Bertz CT molecular complexity index is 510. The summed E-state index contributed by atoms with van der Waals surface area (Å²) in [5.41, 5.74) is 1.20. The highest BCUT2D eigenvalue weighted by Gasteiger charge is 2.28. The molecule has 1 N–H and O–H groups in total. The molecule has 1 heterocycles. The van der Waals surface area contributed by atoms with Crippen LogP contribution in [0.2, 0.25) is 0 Å². The maximum Gasteiger partial charge on any atom is 0.253 e. The lowest BCUT2D eigenvalue weighted by atomic mass is 10.2. The molecule has 94 valence electrons. The first kappa shape index (κ1) is 13.1. The number of halogens is 1. The molecule has 0 aliphatic carbocycles. The summed E-state index contributed by atoms with van der Waals surface area (Å²) in [5.74, 6) is -0.134. The van der Waals surface area contributed by atoms with Gasteiger partial charge in [0.1, 0.15) is 6.10 Å². The van der Waals surface area contributed by atoms with Crippen LogP contribution in [-0.4, -0.2) is 18.1 Å². The standard InChI is InChI=1S/C13H13BrN2O2/c1-8-2-5-12(18-8)13(17)16-11-4-3-9(7-15)6-10(11)14/h3-4,6,8,12H,2,5H2,1H3,(H,16,17).